The Hall–Kier alpha value is -0.570. The molecule has 0 amide bonds. The zero-order valence-corrected chi connectivity index (χ0v) is 11.2. The first kappa shape index (κ1) is 13.5. The largest absolute Gasteiger partial charge is 0.380 e. The highest BCUT2D eigenvalue weighted by Gasteiger charge is 2.27. The van der Waals surface area contributed by atoms with Gasteiger partial charge in [0.25, 0.3) is 0 Å². The Labute approximate surface area is 103 Å². The van der Waals surface area contributed by atoms with E-state index in [9.17, 15) is 5.11 Å². The zero-order valence-electron chi connectivity index (χ0n) is 10.4. The molecular weight excluding hydrogens is 222 g/mol. The van der Waals surface area contributed by atoms with E-state index in [0.717, 1.165) is 5.56 Å². The summed E-state index contributed by atoms with van der Waals surface area (Å²) in [4.78, 5) is 0. The SMILES string of the molecule is CC(C)(C)[NH2+]C[C@](C)(O)c1ccc(Cl)cc1. The lowest BCUT2D eigenvalue weighted by Gasteiger charge is -2.26. The standard InChI is InChI=1S/C13H20ClNO/c1-12(2,3)15-9-13(4,16)10-5-7-11(14)8-6-10/h5-8,15-16H,9H2,1-4H3/p+1/t13-/m0/s1. The molecule has 0 fully saturated rings. The van der Waals surface area contributed by atoms with E-state index in [1.54, 1.807) is 0 Å². The molecule has 0 aliphatic carbocycles. The van der Waals surface area contributed by atoms with Crippen LogP contribution in [0.4, 0.5) is 0 Å². The molecule has 0 spiro atoms. The predicted octanol–water partition coefficient (Wildman–Crippen LogP) is 1.91. The molecule has 90 valence electrons. The Kier molecular flexibility index (Phi) is 4.00. The molecule has 1 atom stereocenters. The molecule has 0 bridgehead atoms. The van der Waals surface area contributed by atoms with Crippen LogP contribution in [0.5, 0.6) is 0 Å². The van der Waals surface area contributed by atoms with Crippen LogP contribution in [-0.2, 0) is 5.60 Å². The van der Waals surface area contributed by atoms with Crippen molar-refractivity contribution in [2.45, 2.75) is 38.8 Å². The molecule has 3 N–H and O–H groups in total. The summed E-state index contributed by atoms with van der Waals surface area (Å²) in [6.45, 7) is 8.86. The Balaban J connectivity index is 2.73. The van der Waals surface area contributed by atoms with E-state index >= 15 is 0 Å². The number of halogens is 1. The molecular formula is C13H21ClNO+. The fraction of sp³-hybridized carbons (Fsp3) is 0.538. The van der Waals surface area contributed by atoms with E-state index in [4.69, 9.17) is 11.6 Å². The average Bonchev–Trinajstić information content (AvgIpc) is 2.15. The first-order chi connectivity index (χ1) is 7.21. The number of aliphatic hydroxyl groups is 1. The van der Waals surface area contributed by atoms with Crippen molar-refractivity contribution >= 4 is 11.6 Å². The van der Waals surface area contributed by atoms with Crippen molar-refractivity contribution < 1.29 is 10.4 Å². The van der Waals surface area contributed by atoms with Crippen molar-refractivity contribution in [2.75, 3.05) is 6.54 Å². The molecule has 0 heterocycles. The number of hydrogen-bond donors (Lipinski definition) is 2. The van der Waals surface area contributed by atoms with Crippen LogP contribution in [0.25, 0.3) is 0 Å². The molecule has 3 heteroatoms. The molecule has 0 unspecified atom stereocenters. The Morgan fingerprint density at radius 2 is 1.62 bits per heavy atom. The van der Waals surface area contributed by atoms with E-state index in [-0.39, 0.29) is 5.54 Å². The van der Waals surface area contributed by atoms with Gasteiger partial charge in [0.2, 0.25) is 0 Å². The second-order valence-corrected chi connectivity index (χ2v) is 5.99. The van der Waals surface area contributed by atoms with E-state index in [1.165, 1.54) is 0 Å². The van der Waals surface area contributed by atoms with Gasteiger partial charge in [0, 0.05) is 5.02 Å². The van der Waals surface area contributed by atoms with Crippen molar-refractivity contribution in [3.05, 3.63) is 34.9 Å². The van der Waals surface area contributed by atoms with Crippen molar-refractivity contribution in [3.8, 4) is 0 Å². The lowest BCUT2D eigenvalue weighted by molar-refractivity contribution is -0.727. The highest BCUT2D eigenvalue weighted by atomic mass is 35.5. The van der Waals surface area contributed by atoms with Crippen LogP contribution in [0, 0.1) is 0 Å². The van der Waals surface area contributed by atoms with Gasteiger partial charge in [-0.3, -0.25) is 0 Å². The van der Waals surface area contributed by atoms with Crippen LogP contribution < -0.4 is 5.32 Å². The van der Waals surface area contributed by atoms with Gasteiger partial charge in [0.1, 0.15) is 12.1 Å². The third-order valence-corrected chi connectivity index (χ3v) is 2.83. The monoisotopic (exact) mass is 242 g/mol. The van der Waals surface area contributed by atoms with Crippen molar-refractivity contribution in [1.82, 2.24) is 0 Å². The summed E-state index contributed by atoms with van der Waals surface area (Å²) < 4.78 is 0. The number of rotatable bonds is 3. The maximum Gasteiger partial charge on any atom is 0.135 e. The first-order valence-corrected chi connectivity index (χ1v) is 5.91. The molecule has 0 aliphatic rings. The van der Waals surface area contributed by atoms with E-state index in [2.05, 4.69) is 26.1 Å². The third-order valence-electron chi connectivity index (χ3n) is 2.58. The van der Waals surface area contributed by atoms with Gasteiger partial charge in [0.05, 0.1) is 5.54 Å². The molecule has 1 aromatic carbocycles. The molecule has 0 radical (unpaired) electrons. The minimum Gasteiger partial charge on any atom is -0.380 e. The molecule has 2 nitrogen and oxygen atoms in total. The minimum absolute atomic E-state index is 0.121. The third kappa shape index (κ3) is 4.12. The summed E-state index contributed by atoms with van der Waals surface area (Å²) in [5, 5.41) is 13.2. The van der Waals surface area contributed by atoms with Gasteiger partial charge in [0.15, 0.2) is 0 Å². The fourth-order valence-electron chi connectivity index (χ4n) is 1.43. The molecule has 0 aliphatic heterocycles. The Morgan fingerprint density at radius 1 is 1.12 bits per heavy atom. The van der Waals surface area contributed by atoms with Gasteiger partial charge in [-0.1, -0.05) is 23.7 Å². The average molecular weight is 243 g/mol. The maximum absolute atomic E-state index is 10.4. The van der Waals surface area contributed by atoms with Crippen LogP contribution in [0.15, 0.2) is 24.3 Å². The second kappa shape index (κ2) is 4.74. The highest BCUT2D eigenvalue weighted by molar-refractivity contribution is 6.30. The lowest BCUT2D eigenvalue weighted by atomic mass is 9.95. The number of hydrogen-bond acceptors (Lipinski definition) is 1. The van der Waals surface area contributed by atoms with Gasteiger partial charge in [-0.2, -0.15) is 0 Å². The quantitative estimate of drug-likeness (QED) is 0.835. The summed E-state index contributed by atoms with van der Waals surface area (Å²) in [5.41, 5.74) is 0.200. The smallest absolute Gasteiger partial charge is 0.135 e. The Bertz CT molecular complexity index is 338. The predicted molar refractivity (Wildman–Crippen MR) is 67.6 cm³/mol. The lowest BCUT2D eigenvalue weighted by Crippen LogP contribution is -2.96. The van der Waals surface area contributed by atoms with Crippen LogP contribution >= 0.6 is 11.6 Å². The normalized spacial score (nSPS) is 15.9. The van der Waals surface area contributed by atoms with Crippen molar-refractivity contribution in [1.29, 1.82) is 0 Å². The number of nitrogens with two attached hydrogens (primary N) is 1. The molecule has 0 aromatic heterocycles. The molecule has 0 saturated heterocycles. The van der Waals surface area contributed by atoms with Crippen LogP contribution in [-0.4, -0.2) is 17.2 Å². The molecule has 1 rings (SSSR count). The minimum atomic E-state index is -0.822. The van der Waals surface area contributed by atoms with E-state index in [0.29, 0.717) is 11.6 Å². The first-order valence-electron chi connectivity index (χ1n) is 5.53. The van der Waals surface area contributed by atoms with E-state index in [1.807, 2.05) is 31.2 Å². The number of quaternary nitrogens is 1. The second-order valence-electron chi connectivity index (χ2n) is 5.56. The Morgan fingerprint density at radius 3 is 2.06 bits per heavy atom. The molecule has 0 saturated carbocycles. The van der Waals surface area contributed by atoms with Gasteiger partial charge >= 0.3 is 0 Å². The van der Waals surface area contributed by atoms with Crippen molar-refractivity contribution in [2.24, 2.45) is 0 Å². The fourth-order valence-corrected chi connectivity index (χ4v) is 1.56. The topological polar surface area (TPSA) is 36.8 Å². The van der Waals surface area contributed by atoms with Gasteiger partial charge < -0.3 is 10.4 Å². The highest BCUT2D eigenvalue weighted by Crippen LogP contribution is 2.20. The summed E-state index contributed by atoms with van der Waals surface area (Å²) in [7, 11) is 0. The van der Waals surface area contributed by atoms with Crippen LogP contribution in [0.3, 0.4) is 0 Å². The maximum atomic E-state index is 10.4. The summed E-state index contributed by atoms with van der Waals surface area (Å²) in [6.07, 6.45) is 0. The summed E-state index contributed by atoms with van der Waals surface area (Å²) >= 11 is 5.82. The van der Waals surface area contributed by atoms with Crippen LogP contribution in [0.2, 0.25) is 5.02 Å². The molecule has 1 aromatic rings. The van der Waals surface area contributed by atoms with Crippen LogP contribution in [0.1, 0.15) is 33.3 Å². The zero-order chi connectivity index (χ0) is 12.4. The molecule has 16 heavy (non-hydrogen) atoms. The van der Waals surface area contributed by atoms with E-state index < -0.39 is 5.60 Å². The number of benzene rings is 1. The van der Waals surface area contributed by atoms with Gasteiger partial charge in [-0.05, 0) is 45.4 Å². The van der Waals surface area contributed by atoms with Gasteiger partial charge in [-0.15, -0.1) is 0 Å². The summed E-state index contributed by atoms with van der Waals surface area (Å²) in [6, 6.07) is 7.36. The van der Waals surface area contributed by atoms with Crippen molar-refractivity contribution in [3.63, 3.8) is 0 Å². The van der Waals surface area contributed by atoms with Gasteiger partial charge in [-0.25, -0.2) is 0 Å². The summed E-state index contributed by atoms with van der Waals surface area (Å²) in [5.74, 6) is 0.